The zero-order chi connectivity index (χ0) is 13.8. The third-order valence-corrected chi connectivity index (χ3v) is 2.35. The molecule has 19 heavy (non-hydrogen) atoms. The molecule has 0 aliphatic carbocycles. The monoisotopic (exact) mass is 263 g/mol. The van der Waals surface area contributed by atoms with Gasteiger partial charge in [0.25, 0.3) is 0 Å². The van der Waals surface area contributed by atoms with Gasteiger partial charge in [0.15, 0.2) is 11.6 Å². The number of anilines is 1. The molecule has 1 amide bonds. The van der Waals surface area contributed by atoms with Crippen LogP contribution in [-0.4, -0.2) is 5.91 Å². The first kappa shape index (κ1) is 13.0. The van der Waals surface area contributed by atoms with Gasteiger partial charge < -0.3 is 9.73 Å². The zero-order valence-electron chi connectivity index (χ0n) is 10.1. The molecule has 0 saturated heterocycles. The van der Waals surface area contributed by atoms with Gasteiger partial charge in [-0.15, -0.1) is 0 Å². The quantitative estimate of drug-likeness (QED) is 0.861. The van der Waals surface area contributed by atoms with Crippen molar-refractivity contribution in [1.29, 1.82) is 0 Å². The van der Waals surface area contributed by atoms with Gasteiger partial charge in [-0.05, 0) is 37.3 Å². The lowest BCUT2D eigenvalue weighted by Gasteiger charge is -2.02. The highest BCUT2D eigenvalue weighted by molar-refractivity contribution is 6.01. The summed E-state index contributed by atoms with van der Waals surface area (Å²) in [6, 6.07) is 6.63. The van der Waals surface area contributed by atoms with Gasteiger partial charge in [-0.3, -0.25) is 4.79 Å². The SMILES string of the molecule is Cc1ccc(/C=C/C(=O)Nc2ccc(F)c(F)c2)o1. The Balaban J connectivity index is 2.01. The van der Waals surface area contributed by atoms with Crippen LogP contribution < -0.4 is 5.32 Å². The van der Waals surface area contributed by atoms with Gasteiger partial charge in [-0.25, -0.2) is 8.78 Å². The van der Waals surface area contributed by atoms with Gasteiger partial charge in [-0.2, -0.15) is 0 Å². The summed E-state index contributed by atoms with van der Waals surface area (Å²) in [7, 11) is 0. The topological polar surface area (TPSA) is 42.2 Å². The number of hydrogen-bond donors (Lipinski definition) is 1. The van der Waals surface area contributed by atoms with Crippen LogP contribution in [0.3, 0.4) is 0 Å². The van der Waals surface area contributed by atoms with Crippen molar-refractivity contribution in [3.8, 4) is 0 Å². The number of furan rings is 1. The van der Waals surface area contributed by atoms with E-state index in [1.165, 1.54) is 18.2 Å². The number of nitrogens with one attached hydrogen (secondary N) is 1. The first-order chi connectivity index (χ1) is 9.04. The first-order valence-corrected chi connectivity index (χ1v) is 5.55. The van der Waals surface area contributed by atoms with E-state index in [1.807, 2.05) is 0 Å². The number of carbonyl (C=O) groups excluding carboxylic acids is 1. The van der Waals surface area contributed by atoms with Crippen LogP contribution in [0.5, 0.6) is 0 Å². The molecule has 0 unspecified atom stereocenters. The van der Waals surface area contributed by atoms with E-state index in [-0.39, 0.29) is 5.69 Å². The van der Waals surface area contributed by atoms with Crippen LogP contribution in [0.25, 0.3) is 6.08 Å². The fourth-order valence-corrected chi connectivity index (χ4v) is 1.46. The summed E-state index contributed by atoms with van der Waals surface area (Å²) in [5.74, 6) is -1.15. The van der Waals surface area contributed by atoms with E-state index in [1.54, 1.807) is 19.1 Å². The summed E-state index contributed by atoms with van der Waals surface area (Å²) in [6.07, 6.45) is 2.74. The summed E-state index contributed by atoms with van der Waals surface area (Å²) >= 11 is 0. The molecule has 0 atom stereocenters. The molecule has 1 aromatic heterocycles. The fourth-order valence-electron chi connectivity index (χ4n) is 1.46. The average Bonchev–Trinajstić information content (AvgIpc) is 2.77. The van der Waals surface area contributed by atoms with Crippen molar-refractivity contribution in [3.63, 3.8) is 0 Å². The summed E-state index contributed by atoms with van der Waals surface area (Å²) in [6.45, 7) is 1.79. The van der Waals surface area contributed by atoms with Crippen LogP contribution in [0.15, 0.2) is 40.8 Å². The van der Waals surface area contributed by atoms with E-state index in [4.69, 9.17) is 4.42 Å². The lowest BCUT2D eigenvalue weighted by atomic mass is 10.3. The number of benzene rings is 1. The van der Waals surface area contributed by atoms with Crippen LogP contribution in [0.1, 0.15) is 11.5 Å². The van der Waals surface area contributed by atoms with Gasteiger partial charge >= 0.3 is 0 Å². The first-order valence-electron chi connectivity index (χ1n) is 5.55. The van der Waals surface area contributed by atoms with Crippen molar-refractivity contribution in [2.75, 3.05) is 5.32 Å². The zero-order valence-corrected chi connectivity index (χ0v) is 10.1. The second kappa shape index (κ2) is 5.48. The van der Waals surface area contributed by atoms with Crippen molar-refractivity contribution >= 4 is 17.7 Å². The highest BCUT2D eigenvalue weighted by Crippen LogP contribution is 2.13. The Morgan fingerprint density at radius 2 is 2.00 bits per heavy atom. The molecule has 98 valence electrons. The molecule has 3 nitrogen and oxygen atoms in total. The highest BCUT2D eigenvalue weighted by atomic mass is 19.2. The van der Waals surface area contributed by atoms with Gasteiger partial charge in [0, 0.05) is 17.8 Å². The standard InChI is InChI=1S/C14H11F2NO2/c1-9-2-4-11(19-9)5-7-14(18)17-10-3-6-12(15)13(16)8-10/h2-8H,1H3,(H,17,18)/b7-5+. The number of aryl methyl sites for hydroxylation is 1. The average molecular weight is 263 g/mol. The van der Waals surface area contributed by atoms with Crippen LogP contribution in [0, 0.1) is 18.6 Å². The Morgan fingerprint density at radius 3 is 2.63 bits per heavy atom. The molecule has 1 N–H and O–H groups in total. The maximum atomic E-state index is 12.9. The van der Waals surface area contributed by atoms with Crippen LogP contribution >= 0.6 is 0 Å². The maximum absolute atomic E-state index is 12.9. The van der Waals surface area contributed by atoms with E-state index >= 15 is 0 Å². The number of rotatable bonds is 3. The molecular weight excluding hydrogens is 252 g/mol. The molecule has 5 heteroatoms. The lowest BCUT2D eigenvalue weighted by Crippen LogP contribution is -2.08. The number of carbonyl (C=O) groups is 1. The second-order valence-electron chi connectivity index (χ2n) is 3.90. The Bertz CT molecular complexity index is 632. The smallest absolute Gasteiger partial charge is 0.248 e. The Hall–Kier alpha value is -2.43. The van der Waals surface area contributed by atoms with Crippen LogP contribution in [-0.2, 0) is 4.79 Å². The van der Waals surface area contributed by atoms with Crippen molar-refractivity contribution < 1.29 is 18.0 Å². The molecule has 0 bridgehead atoms. The molecule has 1 heterocycles. The largest absolute Gasteiger partial charge is 0.462 e. The summed E-state index contributed by atoms with van der Waals surface area (Å²) in [5.41, 5.74) is 0.184. The molecule has 0 spiro atoms. The van der Waals surface area contributed by atoms with Gasteiger partial charge in [0.1, 0.15) is 11.5 Å². The minimum atomic E-state index is -1.01. The van der Waals surface area contributed by atoms with Crippen molar-refractivity contribution in [2.45, 2.75) is 6.92 Å². The van der Waals surface area contributed by atoms with E-state index in [9.17, 15) is 13.6 Å². The van der Waals surface area contributed by atoms with E-state index in [0.29, 0.717) is 5.76 Å². The molecule has 1 aromatic carbocycles. The Labute approximate surface area is 108 Å². The predicted molar refractivity (Wildman–Crippen MR) is 67.5 cm³/mol. The minimum Gasteiger partial charge on any atom is -0.462 e. The third-order valence-electron chi connectivity index (χ3n) is 2.35. The van der Waals surface area contributed by atoms with Gasteiger partial charge in [-0.1, -0.05) is 0 Å². The molecular formula is C14H11F2NO2. The summed E-state index contributed by atoms with van der Waals surface area (Å²) in [5, 5.41) is 2.41. The van der Waals surface area contributed by atoms with E-state index in [0.717, 1.165) is 17.9 Å². The van der Waals surface area contributed by atoms with E-state index < -0.39 is 17.5 Å². The summed E-state index contributed by atoms with van der Waals surface area (Å²) in [4.78, 5) is 11.5. The lowest BCUT2D eigenvalue weighted by molar-refractivity contribution is -0.111. The summed E-state index contributed by atoms with van der Waals surface area (Å²) < 4.78 is 30.9. The maximum Gasteiger partial charge on any atom is 0.248 e. The molecule has 0 aliphatic rings. The van der Waals surface area contributed by atoms with Gasteiger partial charge in [0.2, 0.25) is 5.91 Å². The molecule has 0 fully saturated rings. The van der Waals surface area contributed by atoms with Crippen LogP contribution in [0.2, 0.25) is 0 Å². The third kappa shape index (κ3) is 3.51. The second-order valence-corrected chi connectivity index (χ2v) is 3.90. The van der Waals surface area contributed by atoms with Gasteiger partial charge in [0.05, 0.1) is 0 Å². The molecule has 2 rings (SSSR count). The van der Waals surface area contributed by atoms with E-state index in [2.05, 4.69) is 5.32 Å². The molecule has 0 aliphatic heterocycles. The van der Waals surface area contributed by atoms with Crippen molar-refractivity contribution in [1.82, 2.24) is 0 Å². The molecule has 2 aromatic rings. The molecule has 0 radical (unpaired) electrons. The fraction of sp³-hybridized carbons (Fsp3) is 0.0714. The van der Waals surface area contributed by atoms with Crippen molar-refractivity contribution in [3.05, 3.63) is 59.6 Å². The number of hydrogen-bond acceptors (Lipinski definition) is 2. The Kier molecular flexibility index (Phi) is 3.75. The predicted octanol–water partition coefficient (Wildman–Crippen LogP) is 3.52. The normalized spacial score (nSPS) is 10.9. The minimum absolute atomic E-state index is 0.184. The van der Waals surface area contributed by atoms with Crippen molar-refractivity contribution in [2.24, 2.45) is 0 Å². The molecule has 0 saturated carbocycles. The highest BCUT2D eigenvalue weighted by Gasteiger charge is 2.04. The number of amides is 1. The van der Waals surface area contributed by atoms with Crippen LogP contribution in [0.4, 0.5) is 14.5 Å². The Morgan fingerprint density at radius 1 is 1.21 bits per heavy atom. The number of halogens is 2.